The van der Waals surface area contributed by atoms with Crippen molar-refractivity contribution in [2.75, 3.05) is 13.1 Å². The van der Waals surface area contributed by atoms with Gasteiger partial charge in [0, 0.05) is 18.7 Å². The van der Waals surface area contributed by atoms with E-state index in [1.165, 1.54) is 12.1 Å². The summed E-state index contributed by atoms with van der Waals surface area (Å²) in [6.07, 6.45) is 0. The fourth-order valence-electron chi connectivity index (χ4n) is 2.41. The Morgan fingerprint density at radius 2 is 1.70 bits per heavy atom. The molecular weight excluding hydrogens is 366 g/mol. The van der Waals surface area contributed by atoms with Crippen molar-refractivity contribution in [1.29, 1.82) is 0 Å². The smallest absolute Gasteiger partial charge is 0.251 e. The van der Waals surface area contributed by atoms with Crippen LogP contribution in [0.2, 0.25) is 0 Å². The molecule has 0 unspecified atom stereocenters. The average molecular weight is 389 g/mol. The van der Waals surface area contributed by atoms with E-state index in [0.29, 0.717) is 12.1 Å². The summed E-state index contributed by atoms with van der Waals surface area (Å²) >= 11 is 0. The molecule has 27 heavy (non-hydrogen) atoms. The molecule has 7 nitrogen and oxygen atoms in total. The number of amides is 2. The van der Waals surface area contributed by atoms with Crippen LogP contribution in [-0.4, -0.2) is 33.3 Å². The van der Waals surface area contributed by atoms with Crippen LogP contribution < -0.4 is 15.4 Å². The molecular formula is C19H23N3O4S. The average Bonchev–Trinajstić information content (AvgIpc) is 2.66. The zero-order valence-electron chi connectivity index (χ0n) is 15.3. The summed E-state index contributed by atoms with van der Waals surface area (Å²) < 4.78 is 27.8. The summed E-state index contributed by atoms with van der Waals surface area (Å²) in [7, 11) is -3.79. The Morgan fingerprint density at radius 1 is 1.00 bits per heavy atom. The third-order valence-corrected chi connectivity index (χ3v) is 5.38. The van der Waals surface area contributed by atoms with E-state index in [4.69, 9.17) is 0 Å². The van der Waals surface area contributed by atoms with Crippen LogP contribution in [0.5, 0.6) is 0 Å². The fourth-order valence-corrected chi connectivity index (χ4v) is 3.69. The Balaban J connectivity index is 2.13. The summed E-state index contributed by atoms with van der Waals surface area (Å²) in [6, 6.07) is 13.6. The van der Waals surface area contributed by atoms with Crippen LogP contribution in [0.4, 0.5) is 0 Å². The molecule has 3 N–H and O–H groups in total. The lowest BCUT2D eigenvalue weighted by atomic mass is 10.1. The van der Waals surface area contributed by atoms with Crippen LogP contribution in [0.15, 0.2) is 53.4 Å². The van der Waals surface area contributed by atoms with Gasteiger partial charge in [0.1, 0.15) is 0 Å². The topological polar surface area (TPSA) is 104 Å². The molecule has 0 atom stereocenters. The second kappa shape index (κ2) is 9.29. The molecule has 0 heterocycles. The summed E-state index contributed by atoms with van der Waals surface area (Å²) in [5.41, 5.74) is 1.52. The normalized spacial score (nSPS) is 11.0. The van der Waals surface area contributed by atoms with Gasteiger partial charge in [-0.05, 0) is 37.1 Å². The van der Waals surface area contributed by atoms with Crippen molar-refractivity contribution in [2.24, 2.45) is 0 Å². The first-order chi connectivity index (χ1) is 12.8. The van der Waals surface area contributed by atoms with Gasteiger partial charge >= 0.3 is 0 Å². The zero-order valence-corrected chi connectivity index (χ0v) is 16.1. The largest absolute Gasteiger partial charge is 0.355 e. The lowest BCUT2D eigenvalue weighted by Crippen LogP contribution is -2.36. The number of likely N-dealkylation sites (N-methyl/N-ethyl adjacent to an activating group) is 1. The van der Waals surface area contributed by atoms with Gasteiger partial charge in [-0.1, -0.05) is 36.4 Å². The first-order valence-electron chi connectivity index (χ1n) is 8.52. The molecule has 0 aliphatic carbocycles. The van der Waals surface area contributed by atoms with Gasteiger partial charge in [-0.2, -0.15) is 0 Å². The van der Waals surface area contributed by atoms with Crippen molar-refractivity contribution < 1.29 is 18.0 Å². The monoisotopic (exact) mass is 389 g/mol. The Morgan fingerprint density at radius 3 is 2.37 bits per heavy atom. The van der Waals surface area contributed by atoms with Gasteiger partial charge in [0.05, 0.1) is 11.4 Å². The van der Waals surface area contributed by atoms with Gasteiger partial charge in [-0.25, -0.2) is 13.1 Å². The van der Waals surface area contributed by atoms with Gasteiger partial charge in [0.15, 0.2) is 0 Å². The first kappa shape index (κ1) is 20.6. The molecule has 2 amide bonds. The van der Waals surface area contributed by atoms with Crippen LogP contribution in [0.1, 0.15) is 28.4 Å². The maximum Gasteiger partial charge on any atom is 0.251 e. The van der Waals surface area contributed by atoms with Crippen molar-refractivity contribution in [3.8, 4) is 0 Å². The molecule has 144 valence electrons. The number of sulfonamides is 1. The van der Waals surface area contributed by atoms with Crippen molar-refractivity contribution >= 4 is 21.8 Å². The van der Waals surface area contributed by atoms with E-state index in [1.54, 1.807) is 19.9 Å². The Kier molecular flexibility index (Phi) is 7.09. The SMILES string of the molecule is CCNC(=O)CNC(=O)c1ccc(C)c(S(=O)(=O)NCc2ccccc2)c1. The maximum atomic E-state index is 12.6. The highest BCUT2D eigenvalue weighted by Crippen LogP contribution is 2.17. The number of aryl methyl sites for hydroxylation is 1. The molecule has 0 fully saturated rings. The Bertz CT molecular complexity index is 912. The number of hydrogen-bond acceptors (Lipinski definition) is 4. The minimum Gasteiger partial charge on any atom is -0.355 e. The van der Waals surface area contributed by atoms with E-state index in [9.17, 15) is 18.0 Å². The van der Waals surface area contributed by atoms with Gasteiger partial charge in [-0.3, -0.25) is 9.59 Å². The van der Waals surface area contributed by atoms with Crippen molar-refractivity contribution in [3.05, 3.63) is 65.2 Å². The number of rotatable bonds is 8. The molecule has 0 bridgehead atoms. The first-order valence-corrected chi connectivity index (χ1v) is 10.0. The number of carbonyl (C=O) groups is 2. The minimum absolute atomic E-state index is 0.0316. The lowest BCUT2D eigenvalue weighted by Gasteiger charge is -2.12. The van der Waals surface area contributed by atoms with Crippen LogP contribution in [0.3, 0.4) is 0 Å². The van der Waals surface area contributed by atoms with Crippen LogP contribution in [0, 0.1) is 6.92 Å². The maximum absolute atomic E-state index is 12.6. The van der Waals surface area contributed by atoms with E-state index in [2.05, 4.69) is 15.4 Å². The fraction of sp³-hybridized carbons (Fsp3) is 0.263. The molecule has 0 spiro atoms. The quantitative estimate of drug-likeness (QED) is 0.634. The molecule has 2 aromatic rings. The van der Waals surface area contributed by atoms with Crippen LogP contribution in [-0.2, 0) is 21.4 Å². The molecule has 2 aromatic carbocycles. The summed E-state index contributed by atoms with van der Waals surface area (Å²) in [4.78, 5) is 23.7. The third kappa shape index (κ3) is 5.90. The number of hydrogen-bond donors (Lipinski definition) is 3. The van der Waals surface area contributed by atoms with E-state index in [-0.39, 0.29) is 29.5 Å². The van der Waals surface area contributed by atoms with Gasteiger partial charge in [-0.15, -0.1) is 0 Å². The van der Waals surface area contributed by atoms with Crippen molar-refractivity contribution in [2.45, 2.75) is 25.3 Å². The molecule has 0 radical (unpaired) electrons. The highest BCUT2D eigenvalue weighted by molar-refractivity contribution is 7.89. The van der Waals surface area contributed by atoms with Crippen molar-refractivity contribution in [1.82, 2.24) is 15.4 Å². The molecule has 2 rings (SSSR count). The second-order valence-corrected chi connectivity index (χ2v) is 7.66. The molecule has 0 aliphatic heterocycles. The van der Waals surface area contributed by atoms with E-state index in [0.717, 1.165) is 5.56 Å². The van der Waals surface area contributed by atoms with Crippen LogP contribution >= 0.6 is 0 Å². The van der Waals surface area contributed by atoms with Gasteiger partial charge in [0.2, 0.25) is 15.9 Å². The van der Waals surface area contributed by atoms with E-state index >= 15 is 0 Å². The number of benzene rings is 2. The van der Waals surface area contributed by atoms with Crippen LogP contribution in [0.25, 0.3) is 0 Å². The third-order valence-electron chi connectivity index (χ3n) is 3.83. The lowest BCUT2D eigenvalue weighted by molar-refractivity contribution is -0.120. The molecule has 0 aliphatic rings. The Labute approximate surface area is 159 Å². The zero-order chi connectivity index (χ0) is 19.9. The van der Waals surface area contributed by atoms with Crippen molar-refractivity contribution in [3.63, 3.8) is 0 Å². The molecule has 0 saturated carbocycles. The van der Waals surface area contributed by atoms with Gasteiger partial charge < -0.3 is 10.6 Å². The molecule has 8 heteroatoms. The van der Waals surface area contributed by atoms with E-state index < -0.39 is 15.9 Å². The second-order valence-electron chi connectivity index (χ2n) is 5.93. The highest BCUT2D eigenvalue weighted by atomic mass is 32.2. The van der Waals surface area contributed by atoms with E-state index in [1.807, 2.05) is 30.3 Å². The highest BCUT2D eigenvalue weighted by Gasteiger charge is 2.19. The summed E-state index contributed by atoms with van der Waals surface area (Å²) in [5.74, 6) is -0.823. The molecule has 0 aromatic heterocycles. The summed E-state index contributed by atoms with van der Waals surface area (Å²) in [5, 5.41) is 5.04. The standard InChI is InChI=1S/C19H23N3O4S/c1-3-20-18(23)13-21-19(24)16-10-9-14(2)17(11-16)27(25,26)22-12-15-7-5-4-6-8-15/h4-11,22H,3,12-13H2,1-2H3,(H,20,23)(H,21,24). The summed E-state index contributed by atoms with van der Waals surface area (Å²) in [6.45, 7) is 3.88. The van der Waals surface area contributed by atoms with Gasteiger partial charge in [0.25, 0.3) is 5.91 Å². The number of carbonyl (C=O) groups excluding carboxylic acids is 2. The molecule has 0 saturated heterocycles. The minimum atomic E-state index is -3.79. The Hall–Kier alpha value is -2.71. The predicted molar refractivity (Wildman–Crippen MR) is 103 cm³/mol. The predicted octanol–water partition coefficient (Wildman–Crippen LogP) is 1.34. The number of nitrogens with one attached hydrogen (secondary N) is 3.